The summed E-state index contributed by atoms with van der Waals surface area (Å²) in [6.45, 7) is 3.63. The van der Waals surface area contributed by atoms with Crippen molar-refractivity contribution >= 4 is 5.91 Å². The Balaban J connectivity index is 1.89. The second kappa shape index (κ2) is 7.16. The summed E-state index contributed by atoms with van der Waals surface area (Å²) < 4.78 is 38.8. The number of hydrogen-bond acceptors (Lipinski definition) is 3. The molecule has 0 saturated heterocycles. The van der Waals surface area contributed by atoms with Crippen LogP contribution in [0.5, 0.6) is 0 Å². The molecule has 1 aliphatic carbocycles. The molecule has 1 N–H and O–H groups in total. The molecular formula is C15H20F3N3O2. The van der Waals surface area contributed by atoms with Crippen LogP contribution in [0.4, 0.5) is 13.2 Å². The molecule has 2 rings (SSSR count). The van der Waals surface area contributed by atoms with Crippen LogP contribution in [0.1, 0.15) is 25.3 Å². The van der Waals surface area contributed by atoms with Gasteiger partial charge in [-0.1, -0.05) is 6.92 Å². The monoisotopic (exact) mass is 331 g/mol. The third kappa shape index (κ3) is 4.82. The number of nitrogens with one attached hydrogen (secondary N) is 1. The molecule has 128 valence electrons. The lowest BCUT2D eigenvalue weighted by atomic mass is 10.2. The molecule has 0 bridgehead atoms. The van der Waals surface area contributed by atoms with Crippen molar-refractivity contribution < 1.29 is 18.0 Å². The van der Waals surface area contributed by atoms with E-state index >= 15 is 0 Å². The van der Waals surface area contributed by atoms with E-state index in [2.05, 4.69) is 10.2 Å². The number of nitrogens with zero attached hydrogens (tertiary/aromatic N) is 2. The first-order chi connectivity index (χ1) is 10.8. The molecule has 1 aromatic heterocycles. The molecule has 1 aliphatic rings. The van der Waals surface area contributed by atoms with Gasteiger partial charge in [0.05, 0.1) is 0 Å². The van der Waals surface area contributed by atoms with Gasteiger partial charge in [0.25, 0.3) is 5.56 Å². The van der Waals surface area contributed by atoms with E-state index < -0.39 is 29.8 Å². The third-order valence-corrected chi connectivity index (χ3v) is 3.83. The highest BCUT2D eigenvalue weighted by molar-refractivity contribution is 5.75. The number of alkyl halides is 3. The molecule has 1 fully saturated rings. The van der Waals surface area contributed by atoms with Gasteiger partial charge in [0, 0.05) is 25.3 Å². The number of hydrogen-bond donors (Lipinski definition) is 1. The van der Waals surface area contributed by atoms with Crippen LogP contribution in [0.2, 0.25) is 0 Å². The Bertz CT molecular complexity index is 609. The molecule has 1 aromatic rings. The summed E-state index contributed by atoms with van der Waals surface area (Å²) in [5.74, 6) is -0.474. The fourth-order valence-electron chi connectivity index (χ4n) is 2.47. The molecule has 0 radical (unpaired) electrons. The molecule has 0 spiro atoms. The maximum absolute atomic E-state index is 12.7. The minimum absolute atomic E-state index is 0.414. The average Bonchev–Trinajstić information content (AvgIpc) is 3.29. The summed E-state index contributed by atoms with van der Waals surface area (Å²) in [5, 5.41) is 2.64. The van der Waals surface area contributed by atoms with Crippen LogP contribution < -0.4 is 10.9 Å². The lowest BCUT2D eigenvalue weighted by Crippen LogP contribution is -2.39. The van der Waals surface area contributed by atoms with Crippen molar-refractivity contribution in [2.24, 2.45) is 0 Å². The quantitative estimate of drug-likeness (QED) is 0.823. The maximum Gasteiger partial charge on any atom is 0.421 e. The second-order valence-corrected chi connectivity index (χ2v) is 5.56. The van der Waals surface area contributed by atoms with E-state index in [9.17, 15) is 22.8 Å². The van der Waals surface area contributed by atoms with Crippen molar-refractivity contribution in [3.63, 3.8) is 0 Å². The summed E-state index contributed by atoms with van der Waals surface area (Å²) >= 11 is 0. The van der Waals surface area contributed by atoms with Crippen molar-refractivity contribution in [1.82, 2.24) is 14.8 Å². The maximum atomic E-state index is 12.7. The Kier molecular flexibility index (Phi) is 5.46. The fourth-order valence-corrected chi connectivity index (χ4v) is 2.47. The van der Waals surface area contributed by atoms with Gasteiger partial charge in [-0.05, 0) is 31.5 Å². The van der Waals surface area contributed by atoms with Crippen LogP contribution in [-0.4, -0.2) is 41.1 Å². The van der Waals surface area contributed by atoms with Crippen molar-refractivity contribution in [1.29, 1.82) is 0 Å². The normalized spacial score (nSPS) is 15.0. The van der Waals surface area contributed by atoms with Crippen LogP contribution >= 0.6 is 0 Å². The molecule has 0 unspecified atom stereocenters. The lowest BCUT2D eigenvalue weighted by Gasteiger charge is -2.19. The first-order valence-corrected chi connectivity index (χ1v) is 7.60. The Hall–Kier alpha value is -1.83. The summed E-state index contributed by atoms with van der Waals surface area (Å²) in [5.41, 5.74) is -2.47. The number of halogens is 3. The zero-order chi connectivity index (χ0) is 17.0. The first-order valence-electron chi connectivity index (χ1n) is 7.60. The fraction of sp³-hybridized carbons (Fsp3) is 0.600. The molecule has 23 heavy (non-hydrogen) atoms. The zero-order valence-corrected chi connectivity index (χ0v) is 12.9. The number of rotatable bonds is 7. The lowest BCUT2D eigenvalue weighted by molar-refractivity contribution is -0.139. The number of carbonyl (C=O) groups excluding carboxylic acids is 1. The Labute approximate surface area is 132 Å². The smallest absolute Gasteiger partial charge is 0.353 e. The predicted molar refractivity (Wildman–Crippen MR) is 79.0 cm³/mol. The highest BCUT2D eigenvalue weighted by atomic mass is 19.4. The number of carbonyl (C=O) groups is 1. The van der Waals surface area contributed by atoms with Crippen LogP contribution in [0, 0.1) is 0 Å². The van der Waals surface area contributed by atoms with E-state index in [0.717, 1.165) is 17.2 Å². The van der Waals surface area contributed by atoms with Gasteiger partial charge in [-0.15, -0.1) is 0 Å². The van der Waals surface area contributed by atoms with Crippen LogP contribution in [0.25, 0.3) is 0 Å². The van der Waals surface area contributed by atoms with Gasteiger partial charge in [0.15, 0.2) is 0 Å². The molecule has 5 nitrogen and oxygen atoms in total. The number of amides is 1. The molecule has 0 aromatic carbocycles. The van der Waals surface area contributed by atoms with Gasteiger partial charge in [-0.2, -0.15) is 13.2 Å². The SMILES string of the molecule is CCN(CCNC(=O)Cn1cccc(C(F)(F)F)c1=O)C1CC1. The molecule has 8 heteroatoms. The molecule has 0 aliphatic heterocycles. The average molecular weight is 331 g/mol. The van der Waals surface area contributed by atoms with Crippen molar-refractivity contribution in [2.45, 2.75) is 38.5 Å². The largest absolute Gasteiger partial charge is 0.421 e. The van der Waals surface area contributed by atoms with Crippen molar-refractivity contribution in [3.05, 3.63) is 34.2 Å². The van der Waals surface area contributed by atoms with Gasteiger partial charge in [-0.25, -0.2) is 0 Å². The molecule has 0 atom stereocenters. The molecule has 1 saturated carbocycles. The van der Waals surface area contributed by atoms with E-state index in [1.165, 1.54) is 19.0 Å². The van der Waals surface area contributed by atoms with E-state index in [4.69, 9.17) is 0 Å². The number of aromatic nitrogens is 1. The van der Waals surface area contributed by atoms with Crippen LogP contribution in [0.15, 0.2) is 23.1 Å². The summed E-state index contributed by atoms with van der Waals surface area (Å²) in [6.07, 6.45) is -1.20. The van der Waals surface area contributed by atoms with E-state index in [1.54, 1.807) is 0 Å². The zero-order valence-electron chi connectivity index (χ0n) is 12.9. The number of likely N-dealkylation sites (N-methyl/N-ethyl adjacent to an activating group) is 1. The minimum atomic E-state index is -4.72. The predicted octanol–water partition coefficient (Wildman–Crippen LogP) is 1.47. The van der Waals surface area contributed by atoms with Crippen LogP contribution in [-0.2, 0) is 17.5 Å². The van der Waals surface area contributed by atoms with Gasteiger partial charge < -0.3 is 9.88 Å². The minimum Gasteiger partial charge on any atom is -0.353 e. The van der Waals surface area contributed by atoms with Gasteiger partial charge in [-0.3, -0.25) is 14.5 Å². The van der Waals surface area contributed by atoms with E-state index in [0.29, 0.717) is 25.2 Å². The second-order valence-electron chi connectivity index (χ2n) is 5.56. The third-order valence-electron chi connectivity index (χ3n) is 3.83. The van der Waals surface area contributed by atoms with Gasteiger partial charge >= 0.3 is 6.18 Å². The van der Waals surface area contributed by atoms with Gasteiger partial charge in [0.1, 0.15) is 12.1 Å². The Morgan fingerprint density at radius 1 is 1.43 bits per heavy atom. The Morgan fingerprint density at radius 3 is 2.70 bits per heavy atom. The highest BCUT2D eigenvalue weighted by Gasteiger charge is 2.34. The topological polar surface area (TPSA) is 54.3 Å². The summed E-state index contributed by atoms with van der Waals surface area (Å²) in [6, 6.07) is 2.41. The standard InChI is InChI=1S/C15H20F3N3O2/c1-2-20(11-5-6-11)9-7-19-13(22)10-21-8-3-4-12(14(21)23)15(16,17)18/h3-4,8,11H,2,5-7,9-10H2,1H3,(H,19,22). The molecular weight excluding hydrogens is 311 g/mol. The summed E-state index contributed by atoms with van der Waals surface area (Å²) in [7, 11) is 0. The van der Waals surface area contributed by atoms with Crippen molar-refractivity contribution in [2.75, 3.05) is 19.6 Å². The van der Waals surface area contributed by atoms with E-state index in [1.807, 2.05) is 6.92 Å². The molecule has 1 amide bonds. The van der Waals surface area contributed by atoms with E-state index in [-0.39, 0.29) is 0 Å². The highest BCUT2D eigenvalue weighted by Crippen LogP contribution is 2.26. The van der Waals surface area contributed by atoms with Crippen molar-refractivity contribution in [3.8, 4) is 0 Å². The number of pyridine rings is 1. The Morgan fingerprint density at radius 2 is 2.13 bits per heavy atom. The van der Waals surface area contributed by atoms with Crippen LogP contribution in [0.3, 0.4) is 0 Å². The summed E-state index contributed by atoms with van der Waals surface area (Å²) in [4.78, 5) is 25.8. The first kappa shape index (κ1) is 17.5. The van der Waals surface area contributed by atoms with Gasteiger partial charge in [0.2, 0.25) is 5.91 Å². The molecule has 1 heterocycles.